The number of nitrogens with one attached hydrogen (secondary N) is 1. The van der Waals surface area contributed by atoms with E-state index in [1.54, 1.807) is 25.1 Å². The molecule has 0 saturated carbocycles. The summed E-state index contributed by atoms with van der Waals surface area (Å²) in [5.74, 6) is 0.866. The summed E-state index contributed by atoms with van der Waals surface area (Å²) in [5.41, 5.74) is 3.69. The normalized spacial score (nSPS) is 16.2. The van der Waals surface area contributed by atoms with E-state index in [-0.39, 0.29) is 12.4 Å². The number of para-hydroxylation sites is 2. The minimum Gasteiger partial charge on any atom is -0.507 e. The molecule has 2 aromatic rings. The third kappa shape index (κ3) is 3.61. The molecule has 6 nitrogen and oxygen atoms in total. The fourth-order valence-electron chi connectivity index (χ4n) is 2.25. The number of benzene rings is 2. The third-order valence-corrected chi connectivity index (χ3v) is 4.10. The number of phenols is 1. The summed E-state index contributed by atoms with van der Waals surface area (Å²) in [5, 5.41) is 13.9. The molecule has 24 heavy (non-hydrogen) atoms. The smallest absolute Gasteiger partial charge is 0.284 e. The van der Waals surface area contributed by atoms with Crippen LogP contribution in [0.4, 0.5) is 0 Å². The van der Waals surface area contributed by atoms with Gasteiger partial charge in [-0.1, -0.05) is 12.1 Å². The molecule has 1 amide bonds. The third-order valence-electron chi connectivity index (χ3n) is 3.47. The molecular formula is C17H15IN2O4. The Labute approximate surface area is 152 Å². The van der Waals surface area contributed by atoms with Crippen LogP contribution in [-0.4, -0.2) is 29.9 Å². The molecule has 1 heterocycles. The largest absolute Gasteiger partial charge is 0.507 e. The summed E-state index contributed by atoms with van der Waals surface area (Å²) in [7, 11) is 0. The number of halogens is 1. The molecule has 0 aromatic heterocycles. The predicted octanol–water partition coefficient (Wildman–Crippen LogP) is 2.60. The van der Waals surface area contributed by atoms with Crippen molar-refractivity contribution in [3.8, 4) is 17.2 Å². The molecule has 3 rings (SSSR count). The molecule has 0 fully saturated rings. The van der Waals surface area contributed by atoms with Crippen LogP contribution in [0.25, 0.3) is 0 Å². The first-order valence-electron chi connectivity index (χ1n) is 7.25. The minimum absolute atomic E-state index is 0.117. The standard InChI is InChI=1S/C17H15IN2O4/c1-10-6-12(18)7-11(16(10)21)8-19-20-17(22)15-9-23-13-4-2-3-5-14(13)24-15/h2-8,15,21H,9H2,1H3,(H,20,22)/b19-8-. The molecule has 0 bridgehead atoms. The molecule has 124 valence electrons. The number of fused-ring (bicyclic) bond motifs is 1. The van der Waals surface area contributed by atoms with E-state index < -0.39 is 12.0 Å². The molecule has 0 radical (unpaired) electrons. The number of ether oxygens (including phenoxy) is 2. The van der Waals surface area contributed by atoms with Gasteiger partial charge in [-0.15, -0.1) is 0 Å². The van der Waals surface area contributed by atoms with Gasteiger partial charge in [0, 0.05) is 9.13 Å². The number of hydrogen-bond donors (Lipinski definition) is 2. The van der Waals surface area contributed by atoms with Gasteiger partial charge in [0.25, 0.3) is 5.91 Å². The first-order valence-corrected chi connectivity index (χ1v) is 8.33. The van der Waals surface area contributed by atoms with Crippen LogP contribution in [0.3, 0.4) is 0 Å². The summed E-state index contributed by atoms with van der Waals surface area (Å²) in [6.45, 7) is 1.92. The first-order chi connectivity index (χ1) is 11.5. The van der Waals surface area contributed by atoms with Crippen molar-refractivity contribution >= 4 is 34.7 Å². The second kappa shape index (κ2) is 7.08. The molecule has 0 aliphatic carbocycles. The van der Waals surface area contributed by atoms with Gasteiger partial charge >= 0.3 is 0 Å². The second-order valence-electron chi connectivity index (χ2n) is 5.26. The van der Waals surface area contributed by atoms with Crippen LogP contribution in [0.5, 0.6) is 17.2 Å². The number of aryl methyl sites for hydroxylation is 1. The number of aromatic hydroxyl groups is 1. The first kappa shape index (κ1) is 16.6. The number of rotatable bonds is 3. The highest BCUT2D eigenvalue weighted by Gasteiger charge is 2.26. The highest BCUT2D eigenvalue weighted by molar-refractivity contribution is 14.1. The fraction of sp³-hybridized carbons (Fsp3) is 0.176. The van der Waals surface area contributed by atoms with E-state index in [1.807, 2.05) is 18.2 Å². The van der Waals surface area contributed by atoms with Crippen molar-refractivity contribution in [2.45, 2.75) is 13.0 Å². The number of amides is 1. The zero-order valence-electron chi connectivity index (χ0n) is 12.8. The van der Waals surface area contributed by atoms with Crippen LogP contribution in [-0.2, 0) is 4.79 Å². The lowest BCUT2D eigenvalue weighted by Crippen LogP contribution is -2.42. The Morgan fingerprint density at radius 1 is 1.38 bits per heavy atom. The van der Waals surface area contributed by atoms with Crippen molar-refractivity contribution in [1.82, 2.24) is 5.43 Å². The zero-order valence-corrected chi connectivity index (χ0v) is 15.0. The number of hydrogen-bond acceptors (Lipinski definition) is 5. The summed E-state index contributed by atoms with van der Waals surface area (Å²) in [4.78, 5) is 12.1. The van der Waals surface area contributed by atoms with E-state index in [9.17, 15) is 9.90 Å². The maximum absolute atomic E-state index is 12.1. The second-order valence-corrected chi connectivity index (χ2v) is 6.50. The van der Waals surface area contributed by atoms with Gasteiger partial charge in [0.2, 0.25) is 6.10 Å². The van der Waals surface area contributed by atoms with E-state index in [1.165, 1.54) is 6.21 Å². The van der Waals surface area contributed by atoms with Crippen molar-refractivity contribution in [3.05, 3.63) is 51.1 Å². The molecule has 1 atom stereocenters. The van der Waals surface area contributed by atoms with Gasteiger partial charge in [0.15, 0.2) is 11.5 Å². The van der Waals surface area contributed by atoms with Crippen LogP contribution in [0.2, 0.25) is 0 Å². The number of phenolic OH excluding ortho intramolecular Hbond substituents is 1. The number of nitrogens with zero attached hydrogens (tertiary/aromatic N) is 1. The molecule has 2 N–H and O–H groups in total. The molecule has 7 heteroatoms. The minimum atomic E-state index is -0.775. The average Bonchev–Trinajstić information content (AvgIpc) is 2.58. The van der Waals surface area contributed by atoms with Crippen molar-refractivity contribution in [1.29, 1.82) is 0 Å². The van der Waals surface area contributed by atoms with E-state index in [2.05, 4.69) is 33.1 Å². The molecule has 1 aliphatic heterocycles. The summed E-state index contributed by atoms with van der Waals surface area (Å²) < 4.78 is 12.1. The molecule has 0 spiro atoms. The fourth-order valence-corrected chi connectivity index (χ4v) is 3.05. The van der Waals surface area contributed by atoms with Crippen LogP contribution in [0.1, 0.15) is 11.1 Å². The summed E-state index contributed by atoms with van der Waals surface area (Å²) >= 11 is 2.15. The van der Waals surface area contributed by atoms with Crippen LogP contribution in [0.15, 0.2) is 41.5 Å². The molecule has 1 aliphatic rings. The van der Waals surface area contributed by atoms with Gasteiger partial charge in [0.1, 0.15) is 12.4 Å². The highest BCUT2D eigenvalue weighted by Crippen LogP contribution is 2.30. The maximum atomic E-state index is 12.1. The summed E-state index contributed by atoms with van der Waals surface area (Å²) in [6, 6.07) is 10.8. The lowest BCUT2D eigenvalue weighted by Gasteiger charge is -2.24. The number of carbonyl (C=O) groups is 1. The quantitative estimate of drug-likeness (QED) is 0.439. The summed E-state index contributed by atoms with van der Waals surface area (Å²) in [6.07, 6.45) is 0.628. The van der Waals surface area contributed by atoms with E-state index in [0.29, 0.717) is 17.1 Å². The van der Waals surface area contributed by atoms with Crippen molar-refractivity contribution in [3.63, 3.8) is 0 Å². The van der Waals surface area contributed by atoms with Crippen LogP contribution in [0, 0.1) is 10.5 Å². The molecule has 2 aromatic carbocycles. The monoisotopic (exact) mass is 438 g/mol. The van der Waals surface area contributed by atoms with Gasteiger partial charge in [-0.25, -0.2) is 5.43 Å². The van der Waals surface area contributed by atoms with Gasteiger partial charge in [-0.3, -0.25) is 4.79 Å². The van der Waals surface area contributed by atoms with Crippen molar-refractivity contribution in [2.75, 3.05) is 6.61 Å². The zero-order chi connectivity index (χ0) is 17.1. The molecule has 0 saturated heterocycles. The van der Waals surface area contributed by atoms with Gasteiger partial charge in [-0.05, 0) is 59.3 Å². The van der Waals surface area contributed by atoms with Gasteiger partial charge in [0.05, 0.1) is 6.21 Å². The highest BCUT2D eigenvalue weighted by atomic mass is 127. The van der Waals surface area contributed by atoms with Crippen molar-refractivity contribution in [2.24, 2.45) is 5.10 Å². The Morgan fingerprint density at radius 3 is 2.92 bits per heavy atom. The van der Waals surface area contributed by atoms with Crippen LogP contribution >= 0.6 is 22.6 Å². The SMILES string of the molecule is Cc1cc(I)cc(/C=N\NC(=O)C2COc3ccccc3O2)c1O. The Bertz CT molecular complexity index is 807. The van der Waals surface area contributed by atoms with Gasteiger partial charge < -0.3 is 14.6 Å². The Kier molecular flexibility index (Phi) is 4.89. The predicted molar refractivity (Wildman–Crippen MR) is 97.7 cm³/mol. The maximum Gasteiger partial charge on any atom is 0.284 e. The Morgan fingerprint density at radius 2 is 2.12 bits per heavy atom. The lowest BCUT2D eigenvalue weighted by molar-refractivity contribution is -0.130. The topological polar surface area (TPSA) is 80.2 Å². The van der Waals surface area contributed by atoms with Crippen LogP contribution < -0.4 is 14.9 Å². The number of carbonyl (C=O) groups excluding carboxylic acids is 1. The Balaban J connectivity index is 1.64. The van der Waals surface area contributed by atoms with E-state index >= 15 is 0 Å². The average molecular weight is 438 g/mol. The molecule has 1 unspecified atom stereocenters. The van der Waals surface area contributed by atoms with E-state index in [0.717, 1.165) is 9.13 Å². The van der Waals surface area contributed by atoms with E-state index in [4.69, 9.17) is 9.47 Å². The number of hydrazone groups is 1. The molecular weight excluding hydrogens is 423 g/mol. The lowest BCUT2D eigenvalue weighted by atomic mass is 10.1. The van der Waals surface area contributed by atoms with Crippen molar-refractivity contribution < 1.29 is 19.4 Å². The Hall–Kier alpha value is -2.29. The van der Waals surface area contributed by atoms with Gasteiger partial charge in [-0.2, -0.15) is 5.10 Å².